The largest absolute Gasteiger partial charge is 0.493 e. The van der Waals surface area contributed by atoms with Gasteiger partial charge in [0.15, 0.2) is 0 Å². The van der Waals surface area contributed by atoms with Crippen molar-refractivity contribution in [3.63, 3.8) is 0 Å². The molecule has 1 aromatic heterocycles. The molecule has 2 aromatic carbocycles. The lowest BCUT2D eigenvalue weighted by Crippen LogP contribution is -2.25. The van der Waals surface area contributed by atoms with Crippen molar-refractivity contribution in [2.75, 3.05) is 13.2 Å². The van der Waals surface area contributed by atoms with E-state index in [1.165, 1.54) is 16.6 Å². The van der Waals surface area contributed by atoms with E-state index in [2.05, 4.69) is 47.1 Å². The molecule has 1 heterocycles. The van der Waals surface area contributed by atoms with Crippen LogP contribution in [0.2, 0.25) is 0 Å². The molecular weight excluding hydrogens is 312 g/mol. The summed E-state index contributed by atoms with van der Waals surface area (Å²) in [6, 6.07) is 17.9. The van der Waals surface area contributed by atoms with Gasteiger partial charge in [0.2, 0.25) is 0 Å². The first-order valence-corrected chi connectivity index (χ1v) is 8.75. The Kier molecular flexibility index (Phi) is 5.39. The average Bonchev–Trinajstić information content (AvgIpc) is 2.94. The van der Waals surface area contributed by atoms with Crippen LogP contribution in [0.15, 0.2) is 54.6 Å². The van der Waals surface area contributed by atoms with E-state index in [1.54, 1.807) is 6.07 Å². The summed E-state index contributed by atoms with van der Waals surface area (Å²) in [6.45, 7) is 6.09. The maximum absolute atomic E-state index is 12.4. The monoisotopic (exact) mass is 336 g/mol. The number of carbonyl (C=O) groups is 1. The fraction of sp³-hybridized carbons (Fsp3) is 0.286. The average molecular weight is 336 g/mol. The third-order valence-electron chi connectivity index (χ3n) is 4.29. The van der Waals surface area contributed by atoms with Crippen LogP contribution in [0.1, 0.15) is 29.4 Å². The quantitative estimate of drug-likeness (QED) is 0.658. The number of hydrogen-bond donors (Lipinski definition) is 1. The number of nitrogens with one attached hydrogen (secondary N) is 1. The van der Waals surface area contributed by atoms with Gasteiger partial charge in [-0.25, -0.2) is 0 Å². The third kappa shape index (κ3) is 3.85. The van der Waals surface area contributed by atoms with E-state index in [-0.39, 0.29) is 5.91 Å². The molecular formula is C21H24N2O2. The van der Waals surface area contributed by atoms with Gasteiger partial charge in [0.05, 0.1) is 12.2 Å². The van der Waals surface area contributed by atoms with Gasteiger partial charge >= 0.3 is 0 Å². The standard InChI is InChI=1S/C21H24N2O2/c1-3-25-20-12-7-5-10-18(20)21(24)22-13-8-14-23-16(2)15-17-9-4-6-11-19(17)23/h4-7,9-12,15H,3,8,13-14H2,1-2H3,(H,22,24). The first kappa shape index (κ1) is 17.1. The number of ether oxygens (including phenoxy) is 1. The smallest absolute Gasteiger partial charge is 0.255 e. The number of aryl methyl sites for hydroxylation is 2. The summed E-state index contributed by atoms with van der Waals surface area (Å²) in [6.07, 6.45) is 0.877. The molecule has 1 amide bonds. The van der Waals surface area contributed by atoms with E-state index < -0.39 is 0 Å². The molecule has 0 aliphatic rings. The van der Waals surface area contributed by atoms with Crippen LogP contribution in [0.3, 0.4) is 0 Å². The Morgan fingerprint density at radius 2 is 1.88 bits per heavy atom. The summed E-state index contributed by atoms with van der Waals surface area (Å²) in [5, 5.41) is 4.25. The first-order valence-electron chi connectivity index (χ1n) is 8.75. The predicted molar refractivity (Wildman–Crippen MR) is 101 cm³/mol. The number of rotatable bonds is 7. The molecule has 0 aliphatic heterocycles. The Labute approximate surface area is 148 Å². The van der Waals surface area contributed by atoms with Gasteiger partial charge in [-0.05, 0) is 49.9 Å². The second-order valence-electron chi connectivity index (χ2n) is 6.03. The van der Waals surface area contributed by atoms with Crippen molar-refractivity contribution in [2.45, 2.75) is 26.8 Å². The van der Waals surface area contributed by atoms with E-state index >= 15 is 0 Å². The lowest BCUT2D eigenvalue weighted by Gasteiger charge is -2.11. The van der Waals surface area contributed by atoms with E-state index in [4.69, 9.17) is 4.74 Å². The SMILES string of the molecule is CCOc1ccccc1C(=O)NCCCn1c(C)cc2ccccc21. The Morgan fingerprint density at radius 1 is 1.12 bits per heavy atom. The van der Waals surface area contributed by atoms with Crippen molar-refractivity contribution >= 4 is 16.8 Å². The van der Waals surface area contributed by atoms with E-state index in [0.29, 0.717) is 24.5 Å². The molecule has 0 atom stereocenters. The molecule has 0 fully saturated rings. The van der Waals surface area contributed by atoms with E-state index in [9.17, 15) is 4.79 Å². The zero-order valence-corrected chi connectivity index (χ0v) is 14.8. The van der Waals surface area contributed by atoms with Crippen LogP contribution < -0.4 is 10.1 Å². The van der Waals surface area contributed by atoms with Crippen LogP contribution in [0.4, 0.5) is 0 Å². The number of nitrogens with zero attached hydrogens (tertiary/aromatic N) is 1. The Bertz CT molecular complexity index is 867. The summed E-state index contributed by atoms with van der Waals surface area (Å²) in [5.41, 5.74) is 3.08. The fourth-order valence-electron chi connectivity index (χ4n) is 3.12. The van der Waals surface area contributed by atoms with Gasteiger partial charge < -0.3 is 14.6 Å². The molecule has 0 saturated carbocycles. The van der Waals surface area contributed by atoms with Crippen LogP contribution in [-0.4, -0.2) is 23.6 Å². The van der Waals surface area contributed by atoms with Gasteiger partial charge in [-0.3, -0.25) is 4.79 Å². The summed E-state index contributed by atoms with van der Waals surface area (Å²) >= 11 is 0. The normalized spacial score (nSPS) is 10.8. The Morgan fingerprint density at radius 3 is 2.72 bits per heavy atom. The van der Waals surface area contributed by atoms with Gasteiger partial charge in [-0.2, -0.15) is 0 Å². The summed E-state index contributed by atoms with van der Waals surface area (Å²) in [7, 11) is 0. The number of aromatic nitrogens is 1. The molecule has 3 rings (SSSR count). The van der Waals surface area contributed by atoms with Gasteiger partial charge in [-0.15, -0.1) is 0 Å². The molecule has 0 saturated heterocycles. The summed E-state index contributed by atoms with van der Waals surface area (Å²) in [5.74, 6) is 0.549. The number of benzene rings is 2. The second-order valence-corrected chi connectivity index (χ2v) is 6.03. The first-order chi connectivity index (χ1) is 12.2. The lowest BCUT2D eigenvalue weighted by atomic mass is 10.2. The van der Waals surface area contributed by atoms with Gasteiger partial charge in [-0.1, -0.05) is 30.3 Å². The molecule has 0 unspecified atom stereocenters. The van der Waals surface area contributed by atoms with Gasteiger partial charge in [0.1, 0.15) is 5.75 Å². The van der Waals surface area contributed by atoms with Crippen molar-refractivity contribution in [3.05, 3.63) is 65.9 Å². The molecule has 4 nitrogen and oxygen atoms in total. The zero-order valence-electron chi connectivity index (χ0n) is 14.8. The minimum atomic E-state index is -0.0851. The highest BCUT2D eigenvalue weighted by atomic mass is 16.5. The number of fused-ring (bicyclic) bond motifs is 1. The number of hydrogen-bond acceptors (Lipinski definition) is 2. The minimum Gasteiger partial charge on any atom is -0.493 e. The number of para-hydroxylation sites is 2. The van der Waals surface area contributed by atoms with Crippen LogP contribution >= 0.6 is 0 Å². The molecule has 0 aliphatic carbocycles. The third-order valence-corrected chi connectivity index (χ3v) is 4.29. The van der Waals surface area contributed by atoms with E-state index in [1.807, 2.05) is 25.1 Å². The van der Waals surface area contributed by atoms with Crippen LogP contribution in [0.25, 0.3) is 10.9 Å². The molecule has 4 heteroatoms. The van der Waals surface area contributed by atoms with Gasteiger partial charge in [0, 0.05) is 24.3 Å². The lowest BCUT2D eigenvalue weighted by molar-refractivity contribution is 0.0949. The Balaban J connectivity index is 1.58. The molecule has 0 radical (unpaired) electrons. The molecule has 25 heavy (non-hydrogen) atoms. The maximum atomic E-state index is 12.4. The second kappa shape index (κ2) is 7.88. The van der Waals surface area contributed by atoms with Gasteiger partial charge in [0.25, 0.3) is 5.91 Å². The van der Waals surface area contributed by atoms with Crippen LogP contribution in [0, 0.1) is 6.92 Å². The predicted octanol–water partition coefficient (Wildman–Crippen LogP) is 4.17. The molecule has 0 spiro atoms. The molecule has 1 N–H and O–H groups in total. The van der Waals surface area contributed by atoms with Crippen LogP contribution in [-0.2, 0) is 6.54 Å². The molecule has 3 aromatic rings. The number of carbonyl (C=O) groups excluding carboxylic acids is 1. The minimum absolute atomic E-state index is 0.0851. The van der Waals surface area contributed by atoms with Crippen molar-refractivity contribution < 1.29 is 9.53 Å². The van der Waals surface area contributed by atoms with Crippen molar-refractivity contribution in [1.29, 1.82) is 0 Å². The van der Waals surface area contributed by atoms with Crippen molar-refractivity contribution in [3.8, 4) is 5.75 Å². The number of amides is 1. The van der Waals surface area contributed by atoms with E-state index in [0.717, 1.165) is 13.0 Å². The highest BCUT2D eigenvalue weighted by Crippen LogP contribution is 2.20. The molecule has 130 valence electrons. The topological polar surface area (TPSA) is 43.3 Å². The van der Waals surface area contributed by atoms with Crippen molar-refractivity contribution in [2.24, 2.45) is 0 Å². The highest BCUT2D eigenvalue weighted by Gasteiger charge is 2.11. The molecule has 0 bridgehead atoms. The zero-order chi connectivity index (χ0) is 17.6. The van der Waals surface area contributed by atoms with Crippen molar-refractivity contribution in [1.82, 2.24) is 9.88 Å². The van der Waals surface area contributed by atoms with Crippen LogP contribution in [0.5, 0.6) is 5.75 Å². The fourth-order valence-corrected chi connectivity index (χ4v) is 3.12. The maximum Gasteiger partial charge on any atom is 0.255 e. The summed E-state index contributed by atoms with van der Waals surface area (Å²) in [4.78, 5) is 12.4. The summed E-state index contributed by atoms with van der Waals surface area (Å²) < 4.78 is 7.82. The highest BCUT2D eigenvalue weighted by molar-refractivity contribution is 5.96. The Hall–Kier alpha value is -2.75.